The smallest absolute Gasteiger partial charge is 0.190 e. The van der Waals surface area contributed by atoms with Crippen molar-refractivity contribution in [1.82, 2.24) is 15.6 Å². The van der Waals surface area contributed by atoms with E-state index < -0.39 is 0 Å². The molecule has 0 spiro atoms. The molecule has 0 unspecified atom stereocenters. The van der Waals surface area contributed by atoms with Crippen LogP contribution >= 0.6 is 35.3 Å². The average Bonchev–Trinajstić information content (AvgIpc) is 3.12. The third-order valence-electron chi connectivity index (χ3n) is 4.48. The number of nitrogens with one attached hydrogen (secondary N) is 2. The molecule has 132 valence electrons. The number of hydrogen-bond acceptors (Lipinski definition) is 3. The highest BCUT2D eigenvalue weighted by molar-refractivity contribution is 14.0. The maximum absolute atomic E-state index is 4.57. The van der Waals surface area contributed by atoms with Gasteiger partial charge in [-0.25, -0.2) is 4.98 Å². The number of aliphatic imine (C=N–C) groups is 1. The van der Waals surface area contributed by atoms with Crippen molar-refractivity contribution in [3.05, 3.63) is 15.6 Å². The average molecular weight is 450 g/mol. The molecule has 0 atom stereocenters. The zero-order valence-corrected chi connectivity index (χ0v) is 17.8. The molecule has 0 bridgehead atoms. The van der Waals surface area contributed by atoms with Crippen molar-refractivity contribution in [2.45, 2.75) is 58.8 Å². The van der Waals surface area contributed by atoms with E-state index in [-0.39, 0.29) is 24.0 Å². The second-order valence-corrected chi connectivity index (χ2v) is 7.51. The lowest BCUT2D eigenvalue weighted by atomic mass is 10.0. The Morgan fingerprint density at radius 2 is 1.91 bits per heavy atom. The van der Waals surface area contributed by atoms with Crippen LogP contribution in [0.25, 0.3) is 0 Å². The Bertz CT molecular complexity index is 461. The van der Waals surface area contributed by atoms with E-state index in [9.17, 15) is 0 Å². The van der Waals surface area contributed by atoms with Gasteiger partial charge in [0.2, 0.25) is 0 Å². The lowest BCUT2D eigenvalue weighted by Gasteiger charge is -2.13. The minimum absolute atomic E-state index is 0. The second-order valence-electron chi connectivity index (χ2n) is 6.22. The predicted molar refractivity (Wildman–Crippen MR) is 111 cm³/mol. The van der Waals surface area contributed by atoms with Crippen molar-refractivity contribution in [3.8, 4) is 0 Å². The summed E-state index contributed by atoms with van der Waals surface area (Å²) >= 11 is 1.80. The molecule has 1 fully saturated rings. The van der Waals surface area contributed by atoms with Crippen LogP contribution in [0.3, 0.4) is 0 Å². The number of nitrogens with zero attached hydrogens (tertiary/aromatic N) is 2. The molecule has 4 nitrogen and oxygen atoms in total. The van der Waals surface area contributed by atoms with Crippen LogP contribution in [0.5, 0.6) is 0 Å². The highest BCUT2D eigenvalue weighted by Gasteiger charge is 2.14. The van der Waals surface area contributed by atoms with Gasteiger partial charge in [-0.05, 0) is 32.6 Å². The van der Waals surface area contributed by atoms with E-state index in [2.05, 4.69) is 34.5 Å². The molecule has 0 radical (unpaired) electrons. The van der Waals surface area contributed by atoms with Gasteiger partial charge in [0.05, 0.1) is 10.7 Å². The maximum atomic E-state index is 4.57. The molecule has 23 heavy (non-hydrogen) atoms. The van der Waals surface area contributed by atoms with Gasteiger partial charge in [0, 0.05) is 31.4 Å². The molecule has 1 saturated carbocycles. The van der Waals surface area contributed by atoms with Crippen molar-refractivity contribution >= 4 is 41.3 Å². The summed E-state index contributed by atoms with van der Waals surface area (Å²) in [6.07, 6.45) is 9.34. The topological polar surface area (TPSA) is 49.3 Å². The summed E-state index contributed by atoms with van der Waals surface area (Å²) in [4.78, 5) is 10.2. The lowest BCUT2D eigenvalue weighted by molar-refractivity contribution is 0.481. The molecular weight excluding hydrogens is 419 g/mol. The minimum Gasteiger partial charge on any atom is -0.356 e. The number of aromatic nitrogens is 1. The summed E-state index contributed by atoms with van der Waals surface area (Å²) in [5.41, 5.74) is 1.16. The van der Waals surface area contributed by atoms with Gasteiger partial charge in [-0.2, -0.15) is 0 Å². The molecule has 1 heterocycles. The monoisotopic (exact) mass is 450 g/mol. The summed E-state index contributed by atoms with van der Waals surface area (Å²) in [6, 6.07) is 0. The fourth-order valence-electron chi connectivity index (χ4n) is 3.05. The zero-order chi connectivity index (χ0) is 15.8. The fraction of sp³-hybridized carbons (Fsp3) is 0.765. The molecule has 1 aliphatic carbocycles. The van der Waals surface area contributed by atoms with E-state index in [4.69, 9.17) is 0 Å². The summed E-state index contributed by atoms with van der Waals surface area (Å²) in [5.74, 6) is 1.89. The van der Waals surface area contributed by atoms with Gasteiger partial charge in [0.1, 0.15) is 0 Å². The maximum Gasteiger partial charge on any atom is 0.190 e. The van der Waals surface area contributed by atoms with Crippen LogP contribution < -0.4 is 10.6 Å². The van der Waals surface area contributed by atoms with Crippen LogP contribution in [0.2, 0.25) is 0 Å². The van der Waals surface area contributed by atoms with E-state index >= 15 is 0 Å². The van der Waals surface area contributed by atoms with Crippen molar-refractivity contribution in [2.75, 3.05) is 20.1 Å². The van der Waals surface area contributed by atoms with Gasteiger partial charge in [-0.3, -0.25) is 4.99 Å². The number of aryl methyl sites for hydroxylation is 2. The van der Waals surface area contributed by atoms with Gasteiger partial charge in [0.25, 0.3) is 0 Å². The number of hydrogen-bond donors (Lipinski definition) is 2. The van der Waals surface area contributed by atoms with E-state index in [1.807, 2.05) is 7.05 Å². The molecule has 0 aliphatic heterocycles. The van der Waals surface area contributed by atoms with Crippen molar-refractivity contribution < 1.29 is 0 Å². The van der Waals surface area contributed by atoms with E-state index in [1.165, 1.54) is 48.4 Å². The van der Waals surface area contributed by atoms with Crippen LogP contribution in [0.4, 0.5) is 0 Å². The number of guanidine groups is 1. The van der Waals surface area contributed by atoms with Crippen molar-refractivity contribution in [3.63, 3.8) is 0 Å². The summed E-state index contributed by atoms with van der Waals surface area (Å²) < 4.78 is 0. The van der Waals surface area contributed by atoms with Gasteiger partial charge < -0.3 is 10.6 Å². The Balaban J connectivity index is 0.00000264. The summed E-state index contributed by atoms with van der Waals surface area (Å²) in [6.45, 7) is 6.11. The number of thiazole rings is 1. The lowest BCUT2D eigenvalue weighted by Crippen LogP contribution is -2.38. The summed E-state index contributed by atoms with van der Waals surface area (Å²) in [7, 11) is 1.84. The van der Waals surface area contributed by atoms with E-state index in [1.54, 1.807) is 11.3 Å². The van der Waals surface area contributed by atoms with Gasteiger partial charge in [-0.1, -0.05) is 25.7 Å². The molecule has 2 N–H and O–H groups in total. The van der Waals surface area contributed by atoms with Crippen LogP contribution in [0.15, 0.2) is 4.99 Å². The number of rotatable bonds is 7. The summed E-state index contributed by atoms with van der Waals surface area (Å²) in [5, 5.41) is 8.01. The fourth-order valence-corrected chi connectivity index (χ4v) is 3.98. The van der Waals surface area contributed by atoms with Gasteiger partial charge >= 0.3 is 0 Å². The first-order valence-corrected chi connectivity index (χ1v) is 9.38. The Hall–Kier alpha value is -0.370. The third kappa shape index (κ3) is 7.37. The first-order chi connectivity index (χ1) is 10.7. The molecule has 1 aromatic rings. The minimum atomic E-state index is 0. The Morgan fingerprint density at radius 3 is 2.52 bits per heavy atom. The van der Waals surface area contributed by atoms with Crippen LogP contribution in [0, 0.1) is 19.8 Å². The predicted octanol–water partition coefficient (Wildman–Crippen LogP) is 4.06. The second kappa shape index (κ2) is 11.2. The number of halogens is 1. The molecule has 1 aliphatic rings. The molecular formula is C17H31IN4S. The quantitative estimate of drug-likeness (QED) is 0.285. The first kappa shape index (κ1) is 20.7. The molecule has 0 amide bonds. The first-order valence-electron chi connectivity index (χ1n) is 8.56. The van der Waals surface area contributed by atoms with E-state index in [0.717, 1.165) is 37.1 Å². The molecule has 1 aromatic heterocycles. The van der Waals surface area contributed by atoms with E-state index in [0.29, 0.717) is 0 Å². The molecule has 0 saturated heterocycles. The van der Waals surface area contributed by atoms with Crippen LogP contribution in [-0.4, -0.2) is 31.1 Å². The SMILES string of the molecule is CN=C(NCCCC1CCCC1)NCCc1nc(C)c(C)s1.I. The molecule has 2 rings (SSSR count). The van der Waals surface area contributed by atoms with Crippen LogP contribution in [-0.2, 0) is 6.42 Å². The normalized spacial score (nSPS) is 15.5. The van der Waals surface area contributed by atoms with Crippen molar-refractivity contribution in [2.24, 2.45) is 10.9 Å². The highest BCUT2D eigenvalue weighted by Crippen LogP contribution is 2.28. The Kier molecular flexibility index (Phi) is 10.1. The molecule has 6 heteroatoms. The van der Waals surface area contributed by atoms with Crippen molar-refractivity contribution in [1.29, 1.82) is 0 Å². The van der Waals surface area contributed by atoms with Crippen LogP contribution in [0.1, 0.15) is 54.1 Å². The standard InChI is InChI=1S/C17H30N4S.HI/c1-13-14(2)22-16(21-13)10-12-20-17(18-3)19-11-6-9-15-7-4-5-8-15;/h15H,4-12H2,1-3H3,(H2,18,19,20);1H. The molecule has 0 aromatic carbocycles. The van der Waals surface area contributed by atoms with Gasteiger partial charge in [0.15, 0.2) is 5.96 Å². The highest BCUT2D eigenvalue weighted by atomic mass is 127. The Morgan fingerprint density at radius 1 is 1.22 bits per heavy atom. The third-order valence-corrected chi connectivity index (χ3v) is 5.62. The van der Waals surface area contributed by atoms with Gasteiger partial charge in [-0.15, -0.1) is 35.3 Å². The largest absolute Gasteiger partial charge is 0.356 e. The zero-order valence-electron chi connectivity index (χ0n) is 14.7. The Labute approximate surface area is 162 Å².